The minimum atomic E-state index is 0.926. The van der Waals surface area contributed by atoms with Gasteiger partial charge in [0, 0.05) is 13.1 Å². The van der Waals surface area contributed by atoms with Crippen LogP contribution < -0.4 is 5.32 Å². The van der Waals surface area contributed by atoms with Crippen LogP contribution in [0.3, 0.4) is 0 Å². The summed E-state index contributed by atoms with van der Waals surface area (Å²) in [5.41, 5.74) is 2.65. The lowest BCUT2D eigenvalue weighted by Crippen LogP contribution is -2.12. The molecule has 106 valence electrons. The first kappa shape index (κ1) is 15.0. The van der Waals surface area contributed by atoms with E-state index in [9.17, 15) is 0 Å². The Hall–Kier alpha value is -2.38. The summed E-state index contributed by atoms with van der Waals surface area (Å²) in [6.07, 6.45) is 0. The number of nitrogens with one attached hydrogen (secondary N) is 1. The van der Waals surface area contributed by atoms with Gasteiger partial charge < -0.3 is 5.32 Å². The summed E-state index contributed by atoms with van der Waals surface area (Å²) in [7, 11) is 0. The van der Waals surface area contributed by atoms with Gasteiger partial charge in [0.05, 0.1) is 0 Å². The Labute approximate surface area is 127 Å². The highest BCUT2D eigenvalue weighted by molar-refractivity contribution is 5.16. The standard InChI is InChI=1S/C14H15N.C6H6/c1-3-7-13(8-4-1)11-15-12-14-9-5-2-6-10-14;1-2-4-6-5-3-1/h1-10,15H,11-12H2;1-6H. The van der Waals surface area contributed by atoms with Gasteiger partial charge in [0.2, 0.25) is 0 Å². The Morgan fingerprint density at radius 2 is 0.714 bits per heavy atom. The topological polar surface area (TPSA) is 12.0 Å². The van der Waals surface area contributed by atoms with Crippen molar-refractivity contribution in [3.05, 3.63) is 108 Å². The molecule has 0 aliphatic carbocycles. The molecule has 3 aromatic rings. The zero-order chi connectivity index (χ0) is 14.6. The summed E-state index contributed by atoms with van der Waals surface area (Å²) in [5.74, 6) is 0. The molecule has 1 heteroatoms. The fourth-order valence-electron chi connectivity index (χ4n) is 1.93. The summed E-state index contributed by atoms with van der Waals surface area (Å²) >= 11 is 0. The van der Waals surface area contributed by atoms with Crippen molar-refractivity contribution >= 4 is 0 Å². The van der Waals surface area contributed by atoms with Crippen molar-refractivity contribution in [2.45, 2.75) is 13.1 Å². The second-order valence-electron chi connectivity index (χ2n) is 4.73. The van der Waals surface area contributed by atoms with Gasteiger partial charge in [-0.05, 0) is 11.1 Å². The van der Waals surface area contributed by atoms with Crippen LogP contribution in [-0.4, -0.2) is 0 Å². The normalized spacial score (nSPS) is 9.52. The van der Waals surface area contributed by atoms with Crippen molar-refractivity contribution in [3.63, 3.8) is 0 Å². The Kier molecular flexibility index (Phi) is 6.80. The average molecular weight is 275 g/mol. The molecular weight excluding hydrogens is 254 g/mol. The van der Waals surface area contributed by atoms with E-state index >= 15 is 0 Å². The summed E-state index contributed by atoms with van der Waals surface area (Å²) < 4.78 is 0. The summed E-state index contributed by atoms with van der Waals surface area (Å²) in [4.78, 5) is 0. The van der Waals surface area contributed by atoms with Crippen molar-refractivity contribution in [3.8, 4) is 0 Å². The minimum Gasteiger partial charge on any atom is -0.309 e. The van der Waals surface area contributed by atoms with Gasteiger partial charge in [-0.3, -0.25) is 0 Å². The van der Waals surface area contributed by atoms with Gasteiger partial charge in [-0.15, -0.1) is 0 Å². The van der Waals surface area contributed by atoms with E-state index in [1.54, 1.807) is 0 Å². The van der Waals surface area contributed by atoms with Gasteiger partial charge in [0.1, 0.15) is 0 Å². The number of hydrogen-bond donors (Lipinski definition) is 1. The molecule has 0 aliphatic heterocycles. The highest BCUT2D eigenvalue weighted by Gasteiger charge is 1.92. The van der Waals surface area contributed by atoms with Crippen LogP contribution in [0.5, 0.6) is 0 Å². The van der Waals surface area contributed by atoms with E-state index < -0.39 is 0 Å². The van der Waals surface area contributed by atoms with Gasteiger partial charge in [-0.2, -0.15) is 0 Å². The van der Waals surface area contributed by atoms with E-state index in [2.05, 4.69) is 53.8 Å². The summed E-state index contributed by atoms with van der Waals surface area (Å²) in [5, 5.41) is 3.42. The molecule has 0 bridgehead atoms. The third-order valence-electron chi connectivity index (χ3n) is 3.01. The highest BCUT2D eigenvalue weighted by Crippen LogP contribution is 2.00. The van der Waals surface area contributed by atoms with Crippen LogP contribution in [0, 0.1) is 0 Å². The van der Waals surface area contributed by atoms with Crippen LogP contribution in [-0.2, 0) is 13.1 Å². The van der Waals surface area contributed by atoms with E-state index in [1.807, 2.05) is 48.5 Å². The summed E-state index contributed by atoms with van der Waals surface area (Å²) in [6.45, 7) is 1.85. The van der Waals surface area contributed by atoms with E-state index in [4.69, 9.17) is 0 Å². The monoisotopic (exact) mass is 275 g/mol. The van der Waals surface area contributed by atoms with Gasteiger partial charge in [-0.1, -0.05) is 97.1 Å². The highest BCUT2D eigenvalue weighted by atomic mass is 14.8. The van der Waals surface area contributed by atoms with Crippen LogP contribution in [0.4, 0.5) is 0 Å². The smallest absolute Gasteiger partial charge is 0.0208 e. The third-order valence-corrected chi connectivity index (χ3v) is 3.01. The SMILES string of the molecule is c1ccc(CNCc2ccccc2)cc1.c1ccccc1. The van der Waals surface area contributed by atoms with Crippen LogP contribution in [0.1, 0.15) is 11.1 Å². The molecule has 0 fully saturated rings. The molecule has 1 N–H and O–H groups in total. The second-order valence-corrected chi connectivity index (χ2v) is 4.73. The summed E-state index contributed by atoms with van der Waals surface area (Å²) in [6, 6.07) is 32.9. The van der Waals surface area contributed by atoms with Crippen molar-refractivity contribution in [2.75, 3.05) is 0 Å². The van der Waals surface area contributed by atoms with Crippen LogP contribution in [0.15, 0.2) is 97.1 Å². The van der Waals surface area contributed by atoms with Crippen LogP contribution >= 0.6 is 0 Å². The van der Waals surface area contributed by atoms with Gasteiger partial charge >= 0.3 is 0 Å². The molecule has 0 unspecified atom stereocenters. The van der Waals surface area contributed by atoms with Crippen molar-refractivity contribution in [1.82, 2.24) is 5.32 Å². The first-order valence-corrected chi connectivity index (χ1v) is 7.24. The Bertz CT molecular complexity index is 510. The molecule has 0 atom stereocenters. The number of rotatable bonds is 4. The minimum absolute atomic E-state index is 0.926. The fraction of sp³-hybridized carbons (Fsp3) is 0.100. The van der Waals surface area contributed by atoms with Gasteiger partial charge in [-0.25, -0.2) is 0 Å². The Balaban J connectivity index is 0.000000225. The number of benzene rings is 3. The van der Waals surface area contributed by atoms with Crippen LogP contribution in [0.2, 0.25) is 0 Å². The molecule has 21 heavy (non-hydrogen) atoms. The third kappa shape index (κ3) is 6.55. The first-order valence-electron chi connectivity index (χ1n) is 7.24. The van der Waals surface area contributed by atoms with E-state index in [0.29, 0.717) is 0 Å². The fourth-order valence-corrected chi connectivity index (χ4v) is 1.93. The van der Waals surface area contributed by atoms with E-state index in [0.717, 1.165) is 13.1 Å². The molecule has 1 nitrogen and oxygen atoms in total. The Morgan fingerprint density at radius 1 is 0.429 bits per heavy atom. The molecule has 0 amide bonds. The van der Waals surface area contributed by atoms with Crippen LogP contribution in [0.25, 0.3) is 0 Å². The van der Waals surface area contributed by atoms with E-state index in [1.165, 1.54) is 11.1 Å². The predicted molar refractivity (Wildman–Crippen MR) is 89.9 cm³/mol. The predicted octanol–water partition coefficient (Wildman–Crippen LogP) is 4.66. The van der Waals surface area contributed by atoms with Gasteiger partial charge in [0.15, 0.2) is 0 Å². The average Bonchev–Trinajstić information content (AvgIpc) is 2.59. The maximum atomic E-state index is 3.42. The molecular formula is C20H21N. The van der Waals surface area contributed by atoms with Crippen molar-refractivity contribution in [2.24, 2.45) is 0 Å². The van der Waals surface area contributed by atoms with Gasteiger partial charge in [0.25, 0.3) is 0 Å². The molecule has 0 spiro atoms. The van der Waals surface area contributed by atoms with E-state index in [-0.39, 0.29) is 0 Å². The lowest BCUT2D eigenvalue weighted by atomic mass is 10.2. The Morgan fingerprint density at radius 3 is 1.05 bits per heavy atom. The molecule has 3 rings (SSSR count). The molecule has 0 saturated carbocycles. The lowest BCUT2D eigenvalue weighted by molar-refractivity contribution is 0.693. The zero-order valence-electron chi connectivity index (χ0n) is 12.2. The molecule has 0 heterocycles. The van der Waals surface area contributed by atoms with Crippen molar-refractivity contribution < 1.29 is 0 Å². The first-order chi connectivity index (χ1) is 10.4. The lowest BCUT2D eigenvalue weighted by Gasteiger charge is -2.04. The quantitative estimate of drug-likeness (QED) is 0.730. The molecule has 0 radical (unpaired) electrons. The molecule has 0 saturated heterocycles. The molecule has 0 aromatic heterocycles. The number of hydrogen-bond acceptors (Lipinski definition) is 1. The largest absolute Gasteiger partial charge is 0.309 e. The molecule has 3 aromatic carbocycles. The van der Waals surface area contributed by atoms with Crippen molar-refractivity contribution in [1.29, 1.82) is 0 Å². The zero-order valence-corrected chi connectivity index (χ0v) is 12.2. The maximum absolute atomic E-state index is 3.42. The maximum Gasteiger partial charge on any atom is 0.0208 e. The second kappa shape index (κ2) is 9.51. The molecule has 0 aliphatic rings.